The third kappa shape index (κ3) is 4.09. The molecule has 1 atom stereocenters. The summed E-state index contributed by atoms with van der Waals surface area (Å²) in [6.45, 7) is 6.25. The van der Waals surface area contributed by atoms with Crippen LogP contribution in [0.2, 0.25) is 0 Å². The monoisotopic (exact) mass is 249 g/mol. The molecule has 0 amide bonds. The molecular formula is C15H23NO2. The number of benzene rings is 1. The Hall–Kier alpha value is -0.900. The molecule has 0 saturated carbocycles. The molecule has 18 heavy (non-hydrogen) atoms. The zero-order chi connectivity index (χ0) is 12.6. The van der Waals surface area contributed by atoms with Crippen molar-refractivity contribution in [3.05, 3.63) is 35.4 Å². The molecular weight excluding hydrogens is 226 g/mol. The van der Waals surface area contributed by atoms with Crippen molar-refractivity contribution >= 4 is 0 Å². The summed E-state index contributed by atoms with van der Waals surface area (Å²) in [5.41, 5.74) is 2.60. The molecule has 1 aliphatic heterocycles. The van der Waals surface area contributed by atoms with Crippen molar-refractivity contribution in [3.63, 3.8) is 0 Å². The van der Waals surface area contributed by atoms with Gasteiger partial charge in [-0.1, -0.05) is 24.3 Å². The van der Waals surface area contributed by atoms with Crippen LogP contribution >= 0.6 is 0 Å². The Morgan fingerprint density at radius 2 is 2.17 bits per heavy atom. The summed E-state index contributed by atoms with van der Waals surface area (Å²) in [7, 11) is 0. The predicted molar refractivity (Wildman–Crippen MR) is 72.5 cm³/mol. The maximum Gasteiger partial charge on any atom is 0.0719 e. The van der Waals surface area contributed by atoms with E-state index < -0.39 is 0 Å². The van der Waals surface area contributed by atoms with Crippen LogP contribution in [0.4, 0.5) is 0 Å². The highest BCUT2D eigenvalue weighted by atomic mass is 16.5. The first-order chi connectivity index (χ1) is 8.90. The largest absolute Gasteiger partial charge is 0.377 e. The van der Waals surface area contributed by atoms with Crippen molar-refractivity contribution in [1.82, 2.24) is 5.32 Å². The Labute approximate surface area is 109 Å². The minimum Gasteiger partial charge on any atom is -0.377 e. The van der Waals surface area contributed by atoms with E-state index in [2.05, 4.69) is 29.6 Å². The van der Waals surface area contributed by atoms with Gasteiger partial charge in [0.1, 0.15) is 0 Å². The van der Waals surface area contributed by atoms with Crippen molar-refractivity contribution in [2.75, 3.05) is 19.8 Å². The van der Waals surface area contributed by atoms with E-state index in [4.69, 9.17) is 9.47 Å². The fraction of sp³-hybridized carbons (Fsp3) is 0.600. The predicted octanol–water partition coefficient (Wildman–Crippen LogP) is 2.49. The van der Waals surface area contributed by atoms with Crippen LogP contribution in [-0.4, -0.2) is 25.9 Å². The molecule has 1 N–H and O–H groups in total. The molecule has 0 aliphatic carbocycles. The van der Waals surface area contributed by atoms with Crippen molar-refractivity contribution in [2.24, 2.45) is 0 Å². The molecule has 100 valence electrons. The van der Waals surface area contributed by atoms with Crippen molar-refractivity contribution in [3.8, 4) is 0 Å². The number of hydrogen-bond donors (Lipinski definition) is 1. The Balaban J connectivity index is 1.79. The second-order valence-corrected chi connectivity index (χ2v) is 4.67. The Morgan fingerprint density at radius 1 is 1.33 bits per heavy atom. The van der Waals surface area contributed by atoms with Gasteiger partial charge in [0.25, 0.3) is 0 Å². The summed E-state index contributed by atoms with van der Waals surface area (Å²) >= 11 is 0. The van der Waals surface area contributed by atoms with Gasteiger partial charge in [-0.25, -0.2) is 0 Å². The minimum atomic E-state index is 0.407. The third-order valence-electron chi connectivity index (χ3n) is 3.29. The second kappa shape index (κ2) is 7.52. The molecule has 0 spiro atoms. The summed E-state index contributed by atoms with van der Waals surface area (Å²) in [5, 5.41) is 3.48. The zero-order valence-corrected chi connectivity index (χ0v) is 11.2. The van der Waals surface area contributed by atoms with Gasteiger partial charge < -0.3 is 14.8 Å². The lowest BCUT2D eigenvalue weighted by Gasteiger charge is -2.13. The van der Waals surface area contributed by atoms with E-state index in [0.717, 1.165) is 26.3 Å². The number of hydrogen-bond acceptors (Lipinski definition) is 3. The summed E-state index contributed by atoms with van der Waals surface area (Å²) < 4.78 is 11.1. The van der Waals surface area contributed by atoms with Crippen LogP contribution in [0.1, 0.15) is 30.9 Å². The molecule has 1 saturated heterocycles. The highest BCUT2D eigenvalue weighted by Gasteiger charge is 2.14. The first-order valence-corrected chi connectivity index (χ1v) is 6.87. The van der Waals surface area contributed by atoms with Crippen LogP contribution < -0.4 is 5.32 Å². The quantitative estimate of drug-likeness (QED) is 0.805. The highest BCUT2D eigenvalue weighted by molar-refractivity contribution is 5.26. The highest BCUT2D eigenvalue weighted by Crippen LogP contribution is 2.12. The summed E-state index contributed by atoms with van der Waals surface area (Å²) in [5.74, 6) is 0. The molecule has 1 heterocycles. The molecule has 1 aliphatic rings. The van der Waals surface area contributed by atoms with Crippen LogP contribution in [0.15, 0.2) is 24.3 Å². The van der Waals surface area contributed by atoms with Crippen LogP contribution in [0.3, 0.4) is 0 Å². The van der Waals surface area contributed by atoms with Crippen molar-refractivity contribution in [1.29, 1.82) is 0 Å². The van der Waals surface area contributed by atoms with E-state index in [-0.39, 0.29) is 0 Å². The fourth-order valence-electron chi connectivity index (χ4n) is 2.26. The van der Waals surface area contributed by atoms with Gasteiger partial charge in [-0.15, -0.1) is 0 Å². The van der Waals surface area contributed by atoms with Gasteiger partial charge in [-0.3, -0.25) is 0 Å². The molecule has 1 unspecified atom stereocenters. The van der Waals surface area contributed by atoms with Gasteiger partial charge in [0.2, 0.25) is 0 Å². The molecule has 2 rings (SSSR count). The average molecular weight is 249 g/mol. The van der Waals surface area contributed by atoms with Gasteiger partial charge in [0.05, 0.1) is 12.7 Å². The van der Waals surface area contributed by atoms with Crippen LogP contribution in [-0.2, 0) is 22.6 Å². The van der Waals surface area contributed by atoms with Crippen LogP contribution in [0.5, 0.6) is 0 Å². The molecule has 0 radical (unpaired) electrons. The normalized spacial score (nSPS) is 19.3. The lowest BCUT2D eigenvalue weighted by atomic mass is 10.1. The van der Waals surface area contributed by atoms with Gasteiger partial charge in [0, 0.05) is 26.3 Å². The minimum absolute atomic E-state index is 0.407. The molecule has 0 bridgehead atoms. The first-order valence-electron chi connectivity index (χ1n) is 6.87. The van der Waals surface area contributed by atoms with E-state index in [1.165, 1.54) is 24.0 Å². The van der Waals surface area contributed by atoms with Gasteiger partial charge in [-0.2, -0.15) is 0 Å². The number of nitrogens with one attached hydrogen (secondary N) is 1. The molecule has 3 heteroatoms. The number of rotatable bonds is 7. The molecule has 1 fully saturated rings. The summed E-state index contributed by atoms with van der Waals surface area (Å²) in [6, 6.07) is 8.45. The smallest absolute Gasteiger partial charge is 0.0719 e. The van der Waals surface area contributed by atoms with E-state index in [9.17, 15) is 0 Å². The summed E-state index contributed by atoms with van der Waals surface area (Å²) in [6.07, 6.45) is 2.80. The molecule has 0 aromatic heterocycles. The summed E-state index contributed by atoms with van der Waals surface area (Å²) in [4.78, 5) is 0. The Kier molecular flexibility index (Phi) is 5.65. The SMILES string of the molecule is CCOCc1ccccc1CNCC1CCCO1. The first kappa shape index (κ1) is 13.5. The topological polar surface area (TPSA) is 30.5 Å². The molecule has 1 aromatic carbocycles. The zero-order valence-electron chi connectivity index (χ0n) is 11.2. The standard InChI is InChI=1S/C15H23NO2/c1-2-17-12-14-7-4-3-6-13(14)10-16-11-15-8-5-9-18-15/h3-4,6-7,15-16H,2,5,8-12H2,1H3. The Bertz CT molecular complexity index is 348. The third-order valence-corrected chi connectivity index (χ3v) is 3.29. The Morgan fingerprint density at radius 3 is 2.89 bits per heavy atom. The number of ether oxygens (including phenoxy) is 2. The van der Waals surface area contributed by atoms with E-state index in [0.29, 0.717) is 12.7 Å². The van der Waals surface area contributed by atoms with Crippen molar-refractivity contribution in [2.45, 2.75) is 39.0 Å². The lowest BCUT2D eigenvalue weighted by Crippen LogP contribution is -2.26. The van der Waals surface area contributed by atoms with Crippen LogP contribution in [0.25, 0.3) is 0 Å². The lowest BCUT2D eigenvalue weighted by molar-refractivity contribution is 0.109. The molecule has 1 aromatic rings. The van der Waals surface area contributed by atoms with Crippen LogP contribution in [0, 0.1) is 0 Å². The maximum absolute atomic E-state index is 5.60. The fourth-order valence-corrected chi connectivity index (χ4v) is 2.26. The second-order valence-electron chi connectivity index (χ2n) is 4.67. The van der Waals surface area contributed by atoms with E-state index in [1.807, 2.05) is 6.92 Å². The van der Waals surface area contributed by atoms with E-state index in [1.54, 1.807) is 0 Å². The molecule has 3 nitrogen and oxygen atoms in total. The van der Waals surface area contributed by atoms with Gasteiger partial charge in [0.15, 0.2) is 0 Å². The average Bonchev–Trinajstić information content (AvgIpc) is 2.91. The van der Waals surface area contributed by atoms with Gasteiger partial charge >= 0.3 is 0 Å². The van der Waals surface area contributed by atoms with Crippen molar-refractivity contribution < 1.29 is 9.47 Å². The maximum atomic E-state index is 5.60. The van der Waals surface area contributed by atoms with E-state index >= 15 is 0 Å². The van der Waals surface area contributed by atoms with Gasteiger partial charge in [-0.05, 0) is 30.9 Å².